The van der Waals surface area contributed by atoms with Crippen LogP contribution in [0, 0.1) is 5.92 Å². The SMILES string of the molecule is COc1ccc(C(=O)C2CCCCC2O)cc1. The fourth-order valence-electron chi connectivity index (χ4n) is 2.39. The molecule has 3 nitrogen and oxygen atoms in total. The van der Waals surface area contributed by atoms with Crippen molar-refractivity contribution < 1.29 is 14.6 Å². The minimum atomic E-state index is -0.474. The van der Waals surface area contributed by atoms with Crippen LogP contribution in [0.2, 0.25) is 0 Å². The van der Waals surface area contributed by atoms with Crippen molar-refractivity contribution in [2.24, 2.45) is 5.92 Å². The van der Waals surface area contributed by atoms with Crippen LogP contribution in [0.1, 0.15) is 36.0 Å². The van der Waals surface area contributed by atoms with Gasteiger partial charge >= 0.3 is 0 Å². The summed E-state index contributed by atoms with van der Waals surface area (Å²) in [4.78, 5) is 12.2. The Balaban J connectivity index is 2.12. The second-order valence-electron chi connectivity index (χ2n) is 4.55. The van der Waals surface area contributed by atoms with Gasteiger partial charge in [0.25, 0.3) is 0 Å². The largest absolute Gasteiger partial charge is 0.497 e. The van der Waals surface area contributed by atoms with Crippen LogP contribution >= 0.6 is 0 Å². The number of carbonyl (C=O) groups is 1. The average Bonchev–Trinajstić information content (AvgIpc) is 2.39. The van der Waals surface area contributed by atoms with Crippen molar-refractivity contribution in [3.8, 4) is 5.75 Å². The first-order valence-electron chi connectivity index (χ1n) is 6.08. The van der Waals surface area contributed by atoms with Crippen molar-refractivity contribution in [1.29, 1.82) is 0 Å². The fourth-order valence-corrected chi connectivity index (χ4v) is 2.39. The van der Waals surface area contributed by atoms with Crippen molar-refractivity contribution in [2.45, 2.75) is 31.8 Å². The highest BCUT2D eigenvalue weighted by Crippen LogP contribution is 2.27. The van der Waals surface area contributed by atoms with Crippen LogP contribution in [0.15, 0.2) is 24.3 Å². The van der Waals surface area contributed by atoms with E-state index in [1.54, 1.807) is 31.4 Å². The molecule has 1 aromatic carbocycles. The van der Waals surface area contributed by atoms with E-state index < -0.39 is 6.10 Å². The minimum Gasteiger partial charge on any atom is -0.497 e. The normalized spacial score (nSPS) is 24.4. The van der Waals surface area contributed by atoms with Gasteiger partial charge in [-0.25, -0.2) is 0 Å². The first-order chi connectivity index (χ1) is 8.22. The van der Waals surface area contributed by atoms with Crippen LogP contribution in [-0.2, 0) is 0 Å². The molecule has 3 heteroatoms. The number of benzene rings is 1. The van der Waals surface area contributed by atoms with Gasteiger partial charge in [-0.15, -0.1) is 0 Å². The molecule has 2 unspecified atom stereocenters. The lowest BCUT2D eigenvalue weighted by Crippen LogP contribution is -2.31. The molecule has 0 aromatic heterocycles. The summed E-state index contributed by atoms with van der Waals surface area (Å²) in [5, 5.41) is 9.86. The number of rotatable bonds is 3. The number of ether oxygens (including phenoxy) is 1. The molecule has 0 aliphatic heterocycles. The van der Waals surface area contributed by atoms with Gasteiger partial charge in [-0.2, -0.15) is 0 Å². The molecule has 1 saturated carbocycles. The summed E-state index contributed by atoms with van der Waals surface area (Å²) in [6.45, 7) is 0. The molecule has 0 amide bonds. The predicted molar refractivity (Wildman–Crippen MR) is 65.3 cm³/mol. The van der Waals surface area contributed by atoms with Crippen LogP contribution in [-0.4, -0.2) is 24.1 Å². The van der Waals surface area contributed by atoms with Crippen molar-refractivity contribution >= 4 is 5.78 Å². The fraction of sp³-hybridized carbons (Fsp3) is 0.500. The summed E-state index contributed by atoms with van der Waals surface area (Å²) in [7, 11) is 1.60. The topological polar surface area (TPSA) is 46.5 Å². The number of methoxy groups -OCH3 is 1. The van der Waals surface area contributed by atoms with E-state index in [9.17, 15) is 9.90 Å². The molecule has 0 bridgehead atoms. The van der Waals surface area contributed by atoms with Crippen molar-refractivity contribution in [3.63, 3.8) is 0 Å². The van der Waals surface area contributed by atoms with E-state index in [1.165, 1.54) is 0 Å². The number of aliphatic hydroxyl groups is 1. The number of aliphatic hydroxyl groups excluding tert-OH is 1. The zero-order valence-electron chi connectivity index (χ0n) is 10.1. The molecule has 0 radical (unpaired) electrons. The van der Waals surface area contributed by atoms with Crippen LogP contribution in [0.5, 0.6) is 5.75 Å². The molecule has 1 N–H and O–H groups in total. The summed E-state index contributed by atoms with van der Waals surface area (Å²) >= 11 is 0. The third-order valence-electron chi connectivity index (χ3n) is 3.44. The lowest BCUT2D eigenvalue weighted by Gasteiger charge is -2.26. The van der Waals surface area contributed by atoms with E-state index in [0.29, 0.717) is 5.56 Å². The molecule has 1 aliphatic carbocycles. The van der Waals surface area contributed by atoms with Gasteiger partial charge in [-0.05, 0) is 37.1 Å². The highest BCUT2D eigenvalue weighted by atomic mass is 16.5. The Bertz CT molecular complexity index is 383. The number of hydrogen-bond acceptors (Lipinski definition) is 3. The molecular formula is C14H18O3. The second-order valence-corrected chi connectivity index (χ2v) is 4.55. The summed E-state index contributed by atoms with van der Waals surface area (Å²) < 4.78 is 5.05. The molecule has 1 aliphatic rings. The number of hydrogen-bond donors (Lipinski definition) is 1. The summed E-state index contributed by atoms with van der Waals surface area (Å²) in [6.07, 6.45) is 3.12. The van der Waals surface area contributed by atoms with E-state index >= 15 is 0 Å². The average molecular weight is 234 g/mol. The molecule has 0 saturated heterocycles. The lowest BCUT2D eigenvalue weighted by molar-refractivity contribution is 0.0525. The standard InChI is InChI=1S/C14H18O3/c1-17-11-8-6-10(7-9-11)14(16)12-4-2-3-5-13(12)15/h6-9,12-13,15H,2-5H2,1H3. The number of ketones is 1. The van der Waals surface area contributed by atoms with E-state index in [4.69, 9.17) is 4.74 Å². The van der Waals surface area contributed by atoms with Crippen molar-refractivity contribution in [1.82, 2.24) is 0 Å². The molecule has 92 valence electrons. The summed E-state index contributed by atoms with van der Waals surface area (Å²) in [5.41, 5.74) is 0.664. The maximum absolute atomic E-state index is 12.2. The Morgan fingerprint density at radius 2 is 1.88 bits per heavy atom. The molecule has 17 heavy (non-hydrogen) atoms. The minimum absolute atomic E-state index is 0.0554. The van der Waals surface area contributed by atoms with Gasteiger partial charge in [-0.1, -0.05) is 12.8 Å². The zero-order chi connectivity index (χ0) is 12.3. The Labute approximate surface area is 101 Å². The Morgan fingerprint density at radius 1 is 1.24 bits per heavy atom. The molecule has 0 spiro atoms. The Kier molecular flexibility index (Phi) is 3.79. The predicted octanol–water partition coefficient (Wildman–Crippen LogP) is 2.43. The van der Waals surface area contributed by atoms with Gasteiger partial charge in [-0.3, -0.25) is 4.79 Å². The van der Waals surface area contributed by atoms with Gasteiger partial charge < -0.3 is 9.84 Å². The number of carbonyl (C=O) groups excluding carboxylic acids is 1. The van der Waals surface area contributed by atoms with Crippen molar-refractivity contribution in [2.75, 3.05) is 7.11 Å². The van der Waals surface area contributed by atoms with Gasteiger partial charge in [0, 0.05) is 11.5 Å². The summed E-state index contributed by atoms with van der Waals surface area (Å²) in [6, 6.07) is 7.09. The maximum Gasteiger partial charge on any atom is 0.168 e. The van der Waals surface area contributed by atoms with Crippen LogP contribution in [0.3, 0.4) is 0 Å². The van der Waals surface area contributed by atoms with Crippen LogP contribution in [0.25, 0.3) is 0 Å². The highest BCUT2D eigenvalue weighted by molar-refractivity contribution is 5.98. The Morgan fingerprint density at radius 3 is 2.47 bits per heavy atom. The molecule has 1 aromatic rings. The van der Waals surface area contributed by atoms with E-state index in [-0.39, 0.29) is 11.7 Å². The molecular weight excluding hydrogens is 216 g/mol. The second kappa shape index (κ2) is 5.32. The highest BCUT2D eigenvalue weighted by Gasteiger charge is 2.29. The monoisotopic (exact) mass is 234 g/mol. The molecule has 1 fully saturated rings. The molecule has 2 rings (SSSR count). The smallest absolute Gasteiger partial charge is 0.168 e. The van der Waals surface area contributed by atoms with Gasteiger partial charge in [0.05, 0.1) is 13.2 Å². The van der Waals surface area contributed by atoms with Gasteiger partial charge in [0.15, 0.2) is 5.78 Å². The summed E-state index contributed by atoms with van der Waals surface area (Å²) in [5.74, 6) is 0.572. The lowest BCUT2D eigenvalue weighted by atomic mass is 9.81. The van der Waals surface area contributed by atoms with Crippen LogP contribution in [0.4, 0.5) is 0 Å². The Hall–Kier alpha value is -1.35. The van der Waals surface area contributed by atoms with E-state index in [1.807, 2.05) is 0 Å². The third kappa shape index (κ3) is 2.67. The van der Waals surface area contributed by atoms with Gasteiger partial charge in [0.2, 0.25) is 0 Å². The van der Waals surface area contributed by atoms with Crippen LogP contribution < -0.4 is 4.74 Å². The van der Waals surface area contributed by atoms with Gasteiger partial charge in [0.1, 0.15) is 5.75 Å². The first-order valence-corrected chi connectivity index (χ1v) is 6.08. The maximum atomic E-state index is 12.2. The quantitative estimate of drug-likeness (QED) is 0.817. The van der Waals surface area contributed by atoms with Crippen molar-refractivity contribution in [3.05, 3.63) is 29.8 Å². The molecule has 2 atom stereocenters. The first kappa shape index (κ1) is 12.1. The van der Waals surface area contributed by atoms with E-state index in [0.717, 1.165) is 31.4 Å². The van der Waals surface area contributed by atoms with E-state index in [2.05, 4.69) is 0 Å². The molecule has 0 heterocycles. The number of Topliss-reactive ketones (excluding diaryl/α,β-unsaturated/α-hetero) is 1. The zero-order valence-corrected chi connectivity index (χ0v) is 10.1. The third-order valence-corrected chi connectivity index (χ3v) is 3.44.